The largest absolute Gasteiger partial charge is 0.448 e. The lowest BCUT2D eigenvalue weighted by Gasteiger charge is -2.13. The summed E-state index contributed by atoms with van der Waals surface area (Å²) >= 11 is 0. The Balaban J connectivity index is 1.67. The van der Waals surface area contributed by atoms with E-state index in [1.54, 1.807) is 24.3 Å². The molecule has 30 heavy (non-hydrogen) atoms. The summed E-state index contributed by atoms with van der Waals surface area (Å²) < 4.78 is 7.41. The van der Waals surface area contributed by atoms with Crippen molar-refractivity contribution in [2.24, 2.45) is 0 Å². The molecule has 7 nitrogen and oxygen atoms in total. The van der Waals surface area contributed by atoms with E-state index < -0.39 is 18.0 Å². The van der Waals surface area contributed by atoms with Gasteiger partial charge in [-0.3, -0.25) is 4.79 Å². The third-order valence-electron chi connectivity index (χ3n) is 5.01. The lowest BCUT2D eigenvalue weighted by molar-refractivity contribution is -0.148. The minimum atomic E-state index is -1.09. The first-order valence-corrected chi connectivity index (χ1v) is 9.66. The summed E-state index contributed by atoms with van der Waals surface area (Å²) in [5.74, 6) is -1.38. The average Bonchev–Trinajstić information content (AvgIpc) is 3.52. The highest BCUT2D eigenvalue weighted by Crippen LogP contribution is 2.38. The Hall–Kier alpha value is -3.84. The van der Waals surface area contributed by atoms with Gasteiger partial charge in [0.25, 0.3) is 5.91 Å². The Morgan fingerprint density at radius 1 is 1.23 bits per heavy atom. The van der Waals surface area contributed by atoms with Crippen molar-refractivity contribution in [2.45, 2.75) is 45.8 Å². The number of aryl methyl sites for hydroxylation is 1. The lowest BCUT2D eigenvalue weighted by atomic mass is 10.1. The van der Waals surface area contributed by atoms with Gasteiger partial charge in [0, 0.05) is 23.1 Å². The summed E-state index contributed by atoms with van der Waals surface area (Å²) in [6.45, 7) is 5.40. The molecular weight excluding hydrogens is 380 g/mol. The Kier molecular flexibility index (Phi) is 6.03. The van der Waals surface area contributed by atoms with Gasteiger partial charge in [-0.2, -0.15) is 10.5 Å². The van der Waals surface area contributed by atoms with Gasteiger partial charge in [0.2, 0.25) is 0 Å². The lowest BCUT2D eigenvalue weighted by Crippen LogP contribution is -2.30. The first-order chi connectivity index (χ1) is 14.3. The first kappa shape index (κ1) is 20.9. The van der Waals surface area contributed by atoms with Crippen LogP contribution in [0.2, 0.25) is 0 Å². The molecule has 1 saturated carbocycles. The third-order valence-corrected chi connectivity index (χ3v) is 5.01. The van der Waals surface area contributed by atoms with Crippen LogP contribution in [0.1, 0.15) is 48.3 Å². The SMILES string of the molecule is Cc1cc(/C=C(\C#N)C(=O)O[C@@H](C)C(=O)Nc2ccc(C#N)cc2)c(C)n1C1CC1. The highest BCUT2D eigenvalue weighted by atomic mass is 16.5. The minimum Gasteiger partial charge on any atom is -0.448 e. The molecule has 1 aromatic heterocycles. The molecular formula is C23H22N4O3. The van der Waals surface area contributed by atoms with Crippen molar-refractivity contribution in [3.63, 3.8) is 0 Å². The number of nitrogens with zero attached hydrogens (tertiary/aromatic N) is 3. The first-order valence-electron chi connectivity index (χ1n) is 9.66. The Morgan fingerprint density at radius 3 is 2.47 bits per heavy atom. The standard InChI is InChI=1S/C23H22N4O3/c1-14-10-18(15(2)27(14)21-8-9-21)11-19(13-25)23(29)30-16(3)22(28)26-20-6-4-17(12-24)5-7-20/h4-7,10-11,16,21H,8-9H2,1-3H3,(H,26,28)/b19-11+/t16-/m0/s1. The summed E-state index contributed by atoms with van der Waals surface area (Å²) in [6.07, 6.45) is 2.69. The molecule has 1 atom stereocenters. The van der Waals surface area contributed by atoms with Crippen LogP contribution in [0.5, 0.6) is 0 Å². The molecule has 1 aromatic carbocycles. The van der Waals surface area contributed by atoms with Gasteiger partial charge in [-0.1, -0.05) is 0 Å². The number of carbonyl (C=O) groups is 2. The summed E-state index contributed by atoms with van der Waals surface area (Å²) in [5, 5.41) is 20.9. The molecule has 0 spiro atoms. The zero-order valence-corrected chi connectivity index (χ0v) is 17.1. The van der Waals surface area contributed by atoms with Crippen molar-refractivity contribution < 1.29 is 14.3 Å². The maximum Gasteiger partial charge on any atom is 0.349 e. The molecule has 1 fully saturated rings. The summed E-state index contributed by atoms with van der Waals surface area (Å²) in [7, 11) is 0. The van der Waals surface area contributed by atoms with Gasteiger partial charge in [-0.15, -0.1) is 0 Å². The second-order valence-corrected chi connectivity index (χ2v) is 7.32. The fraction of sp³-hybridized carbons (Fsp3) is 0.304. The average molecular weight is 402 g/mol. The molecule has 1 heterocycles. The second kappa shape index (κ2) is 8.67. The van der Waals surface area contributed by atoms with Crippen LogP contribution in [-0.4, -0.2) is 22.5 Å². The van der Waals surface area contributed by atoms with E-state index in [9.17, 15) is 14.9 Å². The number of aromatic nitrogens is 1. The Bertz CT molecular complexity index is 1090. The zero-order valence-electron chi connectivity index (χ0n) is 17.1. The van der Waals surface area contributed by atoms with Crippen LogP contribution in [0.3, 0.4) is 0 Å². The monoisotopic (exact) mass is 402 g/mol. The molecule has 1 amide bonds. The maximum atomic E-state index is 12.4. The quantitative estimate of drug-likeness (QED) is 0.449. The van der Waals surface area contributed by atoms with E-state index in [4.69, 9.17) is 10.00 Å². The number of benzene rings is 1. The predicted octanol–water partition coefficient (Wildman–Crippen LogP) is 3.79. The number of ether oxygens (including phenoxy) is 1. The van der Waals surface area contributed by atoms with Crippen molar-refractivity contribution in [1.82, 2.24) is 4.57 Å². The van der Waals surface area contributed by atoms with Crippen LogP contribution < -0.4 is 5.32 Å². The number of nitrogens with one attached hydrogen (secondary N) is 1. The molecule has 0 radical (unpaired) electrons. The molecule has 1 aliphatic carbocycles. The van der Waals surface area contributed by atoms with Crippen molar-refractivity contribution in [1.29, 1.82) is 10.5 Å². The van der Waals surface area contributed by atoms with E-state index >= 15 is 0 Å². The number of amides is 1. The van der Waals surface area contributed by atoms with Crippen LogP contribution in [0.15, 0.2) is 35.9 Å². The van der Waals surface area contributed by atoms with Crippen molar-refractivity contribution in [3.05, 3.63) is 58.4 Å². The Morgan fingerprint density at radius 2 is 1.90 bits per heavy atom. The normalized spacial score (nSPS) is 14.4. The molecule has 0 aliphatic heterocycles. The summed E-state index contributed by atoms with van der Waals surface area (Å²) in [5.41, 5.74) is 3.67. The fourth-order valence-corrected chi connectivity index (χ4v) is 3.29. The van der Waals surface area contributed by atoms with Crippen molar-refractivity contribution in [3.8, 4) is 12.1 Å². The number of esters is 1. The van der Waals surface area contributed by atoms with Crippen LogP contribution in [0.4, 0.5) is 5.69 Å². The smallest absolute Gasteiger partial charge is 0.349 e. The summed E-state index contributed by atoms with van der Waals surface area (Å²) in [6, 6.07) is 12.6. The third kappa shape index (κ3) is 4.59. The topological polar surface area (TPSA) is 108 Å². The number of carbonyl (C=O) groups excluding carboxylic acids is 2. The molecule has 2 aromatic rings. The number of hydrogen-bond acceptors (Lipinski definition) is 5. The predicted molar refractivity (Wildman–Crippen MR) is 111 cm³/mol. The van der Waals surface area contributed by atoms with Crippen LogP contribution in [0.25, 0.3) is 6.08 Å². The van der Waals surface area contributed by atoms with Crippen molar-refractivity contribution in [2.75, 3.05) is 5.32 Å². The van der Waals surface area contributed by atoms with E-state index in [1.165, 1.54) is 13.0 Å². The van der Waals surface area contributed by atoms with Gasteiger partial charge in [0.05, 0.1) is 11.6 Å². The fourth-order valence-electron chi connectivity index (χ4n) is 3.29. The highest BCUT2D eigenvalue weighted by Gasteiger charge is 2.27. The van der Waals surface area contributed by atoms with E-state index in [-0.39, 0.29) is 5.57 Å². The minimum absolute atomic E-state index is 0.163. The highest BCUT2D eigenvalue weighted by molar-refractivity contribution is 6.01. The van der Waals surface area contributed by atoms with Gasteiger partial charge in [0.15, 0.2) is 6.10 Å². The van der Waals surface area contributed by atoms with E-state index in [0.29, 0.717) is 17.3 Å². The van der Waals surface area contributed by atoms with E-state index in [0.717, 1.165) is 29.8 Å². The maximum absolute atomic E-state index is 12.4. The molecule has 152 valence electrons. The van der Waals surface area contributed by atoms with Crippen LogP contribution in [-0.2, 0) is 14.3 Å². The molecule has 3 rings (SSSR count). The zero-order chi connectivity index (χ0) is 21.8. The molecule has 1 N–H and O–H groups in total. The molecule has 0 saturated heterocycles. The number of hydrogen-bond donors (Lipinski definition) is 1. The number of anilines is 1. The second-order valence-electron chi connectivity index (χ2n) is 7.32. The van der Waals surface area contributed by atoms with Gasteiger partial charge in [0.1, 0.15) is 11.6 Å². The van der Waals surface area contributed by atoms with Gasteiger partial charge in [-0.05, 0) is 75.6 Å². The summed E-state index contributed by atoms with van der Waals surface area (Å²) in [4.78, 5) is 24.7. The van der Waals surface area contributed by atoms with E-state index in [1.807, 2.05) is 32.1 Å². The Labute approximate surface area is 175 Å². The molecule has 7 heteroatoms. The van der Waals surface area contributed by atoms with Crippen LogP contribution in [0, 0.1) is 36.5 Å². The molecule has 0 unspecified atom stereocenters. The number of nitriles is 2. The van der Waals surface area contributed by atoms with Gasteiger partial charge < -0.3 is 14.6 Å². The van der Waals surface area contributed by atoms with Gasteiger partial charge >= 0.3 is 5.97 Å². The van der Waals surface area contributed by atoms with E-state index in [2.05, 4.69) is 9.88 Å². The molecule has 1 aliphatic rings. The molecule has 0 bridgehead atoms. The van der Waals surface area contributed by atoms with Crippen LogP contribution >= 0.6 is 0 Å². The van der Waals surface area contributed by atoms with Crippen molar-refractivity contribution >= 4 is 23.6 Å². The number of rotatable bonds is 6. The van der Waals surface area contributed by atoms with Gasteiger partial charge in [-0.25, -0.2) is 4.79 Å².